The summed E-state index contributed by atoms with van der Waals surface area (Å²) in [7, 11) is 0. The summed E-state index contributed by atoms with van der Waals surface area (Å²) >= 11 is 11.7. The van der Waals surface area contributed by atoms with Crippen LogP contribution in [0.3, 0.4) is 0 Å². The molecule has 0 spiro atoms. The quantitative estimate of drug-likeness (QED) is 0.465. The van der Waals surface area contributed by atoms with Crippen molar-refractivity contribution in [3.8, 4) is 5.75 Å². The lowest BCUT2D eigenvalue weighted by atomic mass is 10.1. The molecule has 0 aliphatic carbocycles. The van der Waals surface area contributed by atoms with Crippen LogP contribution in [-0.4, -0.2) is 10.3 Å². The van der Waals surface area contributed by atoms with E-state index in [1.165, 1.54) is 6.92 Å². The highest BCUT2D eigenvalue weighted by molar-refractivity contribution is 6.48. The number of hydrogen-bond acceptors (Lipinski definition) is 2. The molecule has 0 fully saturated rings. The Morgan fingerprint density at radius 3 is 2.27 bits per heavy atom. The molecular weight excluding hydrogens is 235 g/mol. The summed E-state index contributed by atoms with van der Waals surface area (Å²) in [5.74, 6) is 0.194. The predicted molar refractivity (Wildman–Crippen MR) is 61.6 cm³/mol. The van der Waals surface area contributed by atoms with E-state index in [-0.39, 0.29) is 5.97 Å². The maximum atomic E-state index is 10.7. The average molecular weight is 247 g/mol. The third kappa shape index (κ3) is 5.05. The van der Waals surface area contributed by atoms with Crippen molar-refractivity contribution in [1.82, 2.24) is 0 Å². The van der Waals surface area contributed by atoms with Crippen molar-refractivity contribution >= 4 is 29.2 Å². The van der Waals surface area contributed by atoms with E-state index in [0.717, 1.165) is 5.56 Å². The lowest BCUT2D eigenvalue weighted by Gasteiger charge is -2.12. The Kier molecular flexibility index (Phi) is 4.00. The molecule has 0 saturated heterocycles. The van der Waals surface area contributed by atoms with Gasteiger partial charge in [-0.1, -0.05) is 12.1 Å². The SMILES string of the molecule is CC(=O)Oc1ccc(CC(C)(Cl)Cl)cc1. The van der Waals surface area contributed by atoms with Crippen LogP contribution in [0.4, 0.5) is 0 Å². The monoisotopic (exact) mass is 246 g/mol. The normalized spacial score (nSPS) is 11.2. The minimum absolute atomic E-state index is 0.331. The third-order valence-corrected chi connectivity index (χ3v) is 1.97. The summed E-state index contributed by atoms with van der Waals surface area (Å²) in [5.41, 5.74) is 0.999. The van der Waals surface area contributed by atoms with Crippen molar-refractivity contribution in [3.05, 3.63) is 29.8 Å². The number of esters is 1. The topological polar surface area (TPSA) is 26.3 Å². The summed E-state index contributed by atoms with van der Waals surface area (Å²) < 4.78 is 4.12. The van der Waals surface area contributed by atoms with Gasteiger partial charge >= 0.3 is 5.97 Å². The minimum Gasteiger partial charge on any atom is -0.427 e. The average Bonchev–Trinajstić information content (AvgIpc) is 2.05. The van der Waals surface area contributed by atoms with Gasteiger partial charge in [0.25, 0.3) is 0 Å². The molecule has 0 aliphatic rings. The first kappa shape index (κ1) is 12.3. The van der Waals surface area contributed by atoms with Crippen LogP contribution < -0.4 is 4.74 Å². The van der Waals surface area contributed by atoms with Crippen molar-refractivity contribution < 1.29 is 9.53 Å². The first-order chi connectivity index (χ1) is 6.87. The zero-order chi connectivity index (χ0) is 11.5. The summed E-state index contributed by atoms with van der Waals surface area (Å²) in [6.45, 7) is 3.10. The summed E-state index contributed by atoms with van der Waals surface area (Å²) in [6, 6.07) is 7.11. The minimum atomic E-state index is -0.775. The number of hydrogen-bond donors (Lipinski definition) is 0. The fourth-order valence-corrected chi connectivity index (χ4v) is 1.51. The summed E-state index contributed by atoms with van der Waals surface area (Å²) in [6.07, 6.45) is 0.552. The highest BCUT2D eigenvalue weighted by atomic mass is 35.5. The molecule has 2 nitrogen and oxygen atoms in total. The number of rotatable bonds is 3. The molecule has 0 aromatic heterocycles. The van der Waals surface area contributed by atoms with Crippen molar-refractivity contribution in [2.45, 2.75) is 24.6 Å². The lowest BCUT2D eigenvalue weighted by Crippen LogP contribution is -2.10. The number of carbonyl (C=O) groups is 1. The van der Waals surface area contributed by atoms with Crippen molar-refractivity contribution in [3.63, 3.8) is 0 Å². The highest BCUT2D eigenvalue weighted by Crippen LogP contribution is 2.25. The second-order valence-electron chi connectivity index (χ2n) is 3.48. The maximum absolute atomic E-state index is 10.7. The molecule has 0 N–H and O–H groups in total. The molecular formula is C11H12Cl2O2. The molecule has 0 atom stereocenters. The van der Waals surface area contributed by atoms with Crippen LogP contribution in [0.1, 0.15) is 19.4 Å². The van der Waals surface area contributed by atoms with Crippen LogP contribution in [0, 0.1) is 0 Å². The van der Waals surface area contributed by atoms with Gasteiger partial charge < -0.3 is 4.74 Å². The molecule has 82 valence electrons. The smallest absolute Gasteiger partial charge is 0.308 e. The molecule has 0 aliphatic heterocycles. The zero-order valence-corrected chi connectivity index (χ0v) is 10.1. The molecule has 0 saturated carbocycles. The standard InChI is InChI=1S/C11H12Cl2O2/c1-8(14)15-10-5-3-9(4-6-10)7-11(2,12)13/h3-6H,7H2,1-2H3. The second-order valence-corrected chi connectivity index (χ2v) is 5.35. The van der Waals surface area contributed by atoms with Crippen LogP contribution in [0.15, 0.2) is 24.3 Å². The second kappa shape index (κ2) is 4.86. The van der Waals surface area contributed by atoms with Gasteiger partial charge in [-0.15, -0.1) is 23.2 Å². The molecule has 15 heavy (non-hydrogen) atoms. The molecule has 0 bridgehead atoms. The maximum Gasteiger partial charge on any atom is 0.308 e. The van der Waals surface area contributed by atoms with Crippen molar-refractivity contribution in [2.24, 2.45) is 0 Å². The van der Waals surface area contributed by atoms with Gasteiger partial charge in [-0.25, -0.2) is 0 Å². The number of carbonyl (C=O) groups excluding carboxylic acids is 1. The zero-order valence-electron chi connectivity index (χ0n) is 8.59. The Hall–Kier alpha value is -0.730. The summed E-state index contributed by atoms with van der Waals surface area (Å²) in [4.78, 5) is 10.7. The highest BCUT2D eigenvalue weighted by Gasteiger charge is 2.16. The molecule has 0 unspecified atom stereocenters. The van der Waals surface area contributed by atoms with E-state index in [0.29, 0.717) is 12.2 Å². The van der Waals surface area contributed by atoms with Crippen LogP contribution in [-0.2, 0) is 11.2 Å². The van der Waals surface area contributed by atoms with E-state index in [1.807, 2.05) is 12.1 Å². The molecule has 1 aromatic carbocycles. The Labute approximate surface area is 99.1 Å². The number of benzene rings is 1. The molecule has 0 radical (unpaired) electrons. The Bertz CT molecular complexity index is 339. The molecule has 0 heterocycles. The van der Waals surface area contributed by atoms with Crippen molar-refractivity contribution in [2.75, 3.05) is 0 Å². The fourth-order valence-electron chi connectivity index (χ4n) is 1.20. The van der Waals surface area contributed by atoms with E-state index in [4.69, 9.17) is 27.9 Å². The van der Waals surface area contributed by atoms with E-state index in [1.54, 1.807) is 19.1 Å². The van der Waals surface area contributed by atoms with Gasteiger partial charge in [-0.05, 0) is 24.6 Å². The van der Waals surface area contributed by atoms with Gasteiger partial charge in [0.2, 0.25) is 0 Å². The van der Waals surface area contributed by atoms with Crippen LogP contribution in [0.25, 0.3) is 0 Å². The summed E-state index contributed by atoms with van der Waals surface area (Å²) in [5, 5.41) is 0. The van der Waals surface area contributed by atoms with Crippen LogP contribution in [0.2, 0.25) is 0 Å². The van der Waals surface area contributed by atoms with E-state index in [2.05, 4.69) is 0 Å². The number of halogens is 2. The number of ether oxygens (including phenoxy) is 1. The van der Waals surface area contributed by atoms with E-state index >= 15 is 0 Å². The third-order valence-electron chi connectivity index (χ3n) is 1.70. The predicted octanol–water partition coefficient (Wildman–Crippen LogP) is 3.35. The number of alkyl halides is 2. The Balaban J connectivity index is 2.68. The van der Waals surface area contributed by atoms with Gasteiger partial charge in [-0.3, -0.25) is 4.79 Å². The van der Waals surface area contributed by atoms with Gasteiger partial charge in [0.05, 0.1) is 0 Å². The Morgan fingerprint density at radius 1 is 1.33 bits per heavy atom. The molecule has 1 rings (SSSR count). The van der Waals surface area contributed by atoms with E-state index < -0.39 is 4.33 Å². The van der Waals surface area contributed by atoms with Crippen LogP contribution in [0.5, 0.6) is 5.75 Å². The molecule has 4 heteroatoms. The van der Waals surface area contributed by atoms with Crippen molar-refractivity contribution in [1.29, 1.82) is 0 Å². The molecule has 1 aromatic rings. The first-order valence-corrected chi connectivity index (χ1v) is 5.27. The fraction of sp³-hybridized carbons (Fsp3) is 0.364. The Morgan fingerprint density at radius 2 is 1.87 bits per heavy atom. The van der Waals surface area contributed by atoms with Gasteiger partial charge in [0.15, 0.2) is 0 Å². The largest absolute Gasteiger partial charge is 0.427 e. The first-order valence-electron chi connectivity index (χ1n) is 4.52. The van der Waals surface area contributed by atoms with Gasteiger partial charge in [-0.2, -0.15) is 0 Å². The van der Waals surface area contributed by atoms with E-state index in [9.17, 15) is 4.79 Å². The van der Waals surface area contributed by atoms with Gasteiger partial charge in [0.1, 0.15) is 10.1 Å². The molecule has 0 amide bonds. The lowest BCUT2D eigenvalue weighted by molar-refractivity contribution is -0.131. The van der Waals surface area contributed by atoms with Crippen LogP contribution >= 0.6 is 23.2 Å². The van der Waals surface area contributed by atoms with Gasteiger partial charge in [0, 0.05) is 13.3 Å².